The summed E-state index contributed by atoms with van der Waals surface area (Å²) in [4.78, 5) is 10.4. The first-order chi connectivity index (χ1) is 9.67. The largest absolute Gasteiger partial charge is 0.339 e. The molecule has 0 saturated heterocycles. The van der Waals surface area contributed by atoms with Crippen molar-refractivity contribution in [3.63, 3.8) is 0 Å². The molecule has 2 rings (SSSR count). The van der Waals surface area contributed by atoms with E-state index in [1.54, 1.807) is 40.1 Å². The number of benzene rings is 1. The van der Waals surface area contributed by atoms with Gasteiger partial charge in [0.05, 0.1) is 19.0 Å². The number of aliphatic hydroxyl groups is 1. The van der Waals surface area contributed by atoms with Gasteiger partial charge in [0.1, 0.15) is 5.71 Å². The van der Waals surface area contributed by atoms with E-state index >= 15 is 0 Å². The van der Waals surface area contributed by atoms with Crippen LogP contribution in [0.5, 0.6) is 0 Å². The molecule has 0 saturated carbocycles. The predicted molar refractivity (Wildman–Crippen MR) is 77.2 cm³/mol. The van der Waals surface area contributed by atoms with Gasteiger partial charge in [-0.3, -0.25) is 10.1 Å². The van der Waals surface area contributed by atoms with Crippen LogP contribution in [0.4, 0.5) is 11.4 Å². The summed E-state index contributed by atoms with van der Waals surface area (Å²) in [7, 11) is 3.51. The van der Waals surface area contributed by atoms with Gasteiger partial charge >= 0.3 is 0 Å². The van der Waals surface area contributed by atoms with Crippen molar-refractivity contribution in [1.29, 1.82) is 0 Å². The first-order valence-corrected chi connectivity index (χ1v) is 6.44. The molecule has 0 bridgehead atoms. The number of quaternary nitrogens is 1. The van der Waals surface area contributed by atoms with Crippen LogP contribution in [-0.4, -0.2) is 46.2 Å². The molecule has 0 radical (unpaired) electrons. The first kappa shape index (κ1) is 15.2. The molecule has 21 heavy (non-hydrogen) atoms. The lowest BCUT2D eigenvalue weighted by molar-refractivity contribution is -0.964. The third-order valence-electron chi connectivity index (χ3n) is 3.79. The van der Waals surface area contributed by atoms with Crippen LogP contribution in [0.15, 0.2) is 39.6 Å². The van der Waals surface area contributed by atoms with Crippen molar-refractivity contribution in [2.45, 2.75) is 25.6 Å². The molecule has 1 aliphatic heterocycles. The molecule has 1 aliphatic rings. The Kier molecular flexibility index (Phi) is 3.60. The normalized spacial score (nSPS) is 27.9. The number of hydrogen-bond acceptors (Lipinski definition) is 6. The van der Waals surface area contributed by atoms with Crippen LogP contribution in [0.25, 0.3) is 0 Å². The quantitative estimate of drug-likeness (QED) is 0.400. The zero-order valence-electron chi connectivity index (χ0n) is 12.4. The predicted octanol–water partition coefficient (Wildman–Crippen LogP) is 2.22. The fourth-order valence-corrected chi connectivity index (χ4v) is 2.26. The molecule has 0 aliphatic carbocycles. The van der Waals surface area contributed by atoms with Crippen LogP contribution in [0.3, 0.4) is 0 Å². The number of nitrogens with zero attached hydrogens (tertiary/aromatic N) is 5. The number of likely N-dealkylation sites (N-methyl/N-ethyl adjacent to an activating group) is 1. The van der Waals surface area contributed by atoms with Gasteiger partial charge in [-0.1, -0.05) is 17.2 Å². The molecule has 8 nitrogen and oxygen atoms in total. The van der Waals surface area contributed by atoms with Gasteiger partial charge in [0.25, 0.3) is 11.4 Å². The highest BCUT2D eigenvalue weighted by atomic mass is 16.6. The Hall–Kier alpha value is -2.19. The summed E-state index contributed by atoms with van der Waals surface area (Å²) in [6.07, 6.45) is 0. The third kappa shape index (κ3) is 2.55. The molecule has 0 fully saturated rings. The average molecular weight is 292 g/mol. The van der Waals surface area contributed by atoms with Gasteiger partial charge in [0.15, 0.2) is 11.7 Å². The molecule has 2 unspecified atom stereocenters. The van der Waals surface area contributed by atoms with E-state index in [9.17, 15) is 15.2 Å². The summed E-state index contributed by atoms with van der Waals surface area (Å²) in [5.41, 5.74) is -0.588. The Morgan fingerprint density at radius 1 is 1.43 bits per heavy atom. The van der Waals surface area contributed by atoms with Gasteiger partial charge in [-0.05, 0) is 13.0 Å². The molecular weight excluding hydrogens is 274 g/mol. The van der Waals surface area contributed by atoms with Crippen LogP contribution in [0.2, 0.25) is 0 Å². The summed E-state index contributed by atoms with van der Waals surface area (Å²) < 4.78 is 0.0133. The van der Waals surface area contributed by atoms with Gasteiger partial charge in [-0.15, -0.1) is 5.11 Å². The lowest BCUT2D eigenvalue weighted by atomic mass is 10.0. The van der Waals surface area contributed by atoms with Gasteiger partial charge in [0, 0.05) is 13.0 Å². The first-order valence-electron chi connectivity index (χ1n) is 6.44. The van der Waals surface area contributed by atoms with Gasteiger partial charge in [-0.2, -0.15) is 9.71 Å². The summed E-state index contributed by atoms with van der Waals surface area (Å²) >= 11 is 0. The van der Waals surface area contributed by atoms with E-state index in [1.165, 1.54) is 12.1 Å². The fraction of sp³-hybridized carbons (Fsp3) is 0.462. The molecular formula is C13H18N5O3+. The van der Waals surface area contributed by atoms with Crippen molar-refractivity contribution < 1.29 is 14.6 Å². The van der Waals surface area contributed by atoms with Crippen LogP contribution in [0, 0.1) is 10.1 Å². The van der Waals surface area contributed by atoms with E-state index in [4.69, 9.17) is 0 Å². The number of rotatable bonds is 3. The average Bonchev–Trinajstić information content (AvgIpc) is 2.52. The maximum atomic E-state index is 10.9. The topological polar surface area (TPSA) is 100 Å². The zero-order chi connectivity index (χ0) is 15.8. The van der Waals surface area contributed by atoms with Crippen LogP contribution < -0.4 is 0 Å². The number of nitro groups is 1. The van der Waals surface area contributed by atoms with Gasteiger partial charge in [-0.25, -0.2) is 0 Å². The summed E-state index contributed by atoms with van der Waals surface area (Å²) in [5, 5.41) is 33.9. The lowest BCUT2D eigenvalue weighted by Gasteiger charge is -2.33. The SMILES string of the molecule is CC1=N[N+](C)(C)C(C)(O)C1N=Nc1ccccc1[N+](=O)[O-]. The highest BCUT2D eigenvalue weighted by molar-refractivity contribution is 5.89. The van der Waals surface area contributed by atoms with Crippen LogP contribution in [-0.2, 0) is 0 Å². The second-order valence-electron chi connectivity index (χ2n) is 5.59. The maximum absolute atomic E-state index is 10.9. The monoisotopic (exact) mass is 292 g/mol. The molecule has 1 aromatic carbocycles. The highest BCUT2D eigenvalue weighted by Gasteiger charge is 2.55. The number of nitro benzene ring substituents is 1. The van der Waals surface area contributed by atoms with Gasteiger partial charge in [0.2, 0.25) is 0 Å². The minimum atomic E-state index is -1.25. The summed E-state index contributed by atoms with van der Waals surface area (Å²) in [6, 6.07) is 5.44. The molecule has 1 heterocycles. The molecule has 0 aromatic heterocycles. The molecule has 112 valence electrons. The van der Waals surface area contributed by atoms with Crippen molar-refractivity contribution in [1.82, 2.24) is 0 Å². The Morgan fingerprint density at radius 2 is 2.05 bits per heavy atom. The lowest BCUT2D eigenvalue weighted by Crippen LogP contribution is -2.56. The smallest absolute Gasteiger partial charge is 0.296 e. The number of hydrogen-bond donors (Lipinski definition) is 1. The maximum Gasteiger partial charge on any atom is 0.296 e. The molecule has 0 spiro atoms. The second-order valence-corrected chi connectivity index (χ2v) is 5.59. The standard InChI is InChI=1S/C13H18N5O3/c1-9-12(13(2,19)18(3,4)16-9)15-14-10-7-5-6-8-11(10)17(20)21/h5-8,12,19H,1-4H3/q+1. The van der Waals surface area contributed by atoms with E-state index in [0.717, 1.165) is 0 Å². The van der Waals surface area contributed by atoms with E-state index in [0.29, 0.717) is 5.71 Å². The number of para-hydroxylation sites is 1. The summed E-state index contributed by atoms with van der Waals surface area (Å²) in [6.45, 7) is 3.38. The van der Waals surface area contributed by atoms with Crippen molar-refractivity contribution >= 4 is 17.1 Å². The molecule has 8 heteroatoms. The molecule has 1 N–H and O–H groups in total. The minimum absolute atomic E-state index is 0.0133. The highest BCUT2D eigenvalue weighted by Crippen LogP contribution is 2.34. The second kappa shape index (κ2) is 4.97. The van der Waals surface area contributed by atoms with Crippen LogP contribution >= 0.6 is 0 Å². The third-order valence-corrected chi connectivity index (χ3v) is 3.79. The summed E-state index contributed by atoms with van der Waals surface area (Å²) in [5.74, 6) is 0. The van der Waals surface area contributed by atoms with Crippen molar-refractivity contribution in [2.75, 3.05) is 14.1 Å². The van der Waals surface area contributed by atoms with Gasteiger partial charge < -0.3 is 5.11 Å². The number of azo groups is 1. The van der Waals surface area contributed by atoms with E-state index in [2.05, 4.69) is 15.3 Å². The Bertz CT molecular complexity index is 636. The minimum Gasteiger partial charge on any atom is -0.339 e. The molecule has 1 aromatic rings. The van der Waals surface area contributed by atoms with Crippen molar-refractivity contribution in [2.24, 2.45) is 15.3 Å². The van der Waals surface area contributed by atoms with Crippen molar-refractivity contribution in [3.05, 3.63) is 34.4 Å². The molecule has 2 atom stereocenters. The fourth-order valence-electron chi connectivity index (χ4n) is 2.26. The zero-order valence-corrected chi connectivity index (χ0v) is 12.4. The Labute approximate surface area is 122 Å². The Balaban J connectivity index is 2.35. The van der Waals surface area contributed by atoms with E-state index < -0.39 is 16.7 Å². The van der Waals surface area contributed by atoms with Crippen LogP contribution in [0.1, 0.15) is 13.8 Å². The van der Waals surface area contributed by atoms with E-state index in [1.807, 2.05) is 0 Å². The van der Waals surface area contributed by atoms with E-state index in [-0.39, 0.29) is 16.0 Å². The van der Waals surface area contributed by atoms with Crippen molar-refractivity contribution in [3.8, 4) is 0 Å². The molecule has 0 amide bonds. The Morgan fingerprint density at radius 3 is 2.57 bits per heavy atom.